The summed E-state index contributed by atoms with van der Waals surface area (Å²) in [7, 11) is -9.25. The van der Waals surface area contributed by atoms with Crippen LogP contribution in [-0.4, -0.2) is 104 Å². The van der Waals surface area contributed by atoms with Crippen LogP contribution in [0, 0.1) is 0 Å². The third-order valence-corrected chi connectivity index (χ3v) is 0. The van der Waals surface area contributed by atoms with Crippen molar-refractivity contribution < 1.29 is 96.9 Å². The van der Waals surface area contributed by atoms with Crippen LogP contribution >= 0.6 is 7.82 Å². The van der Waals surface area contributed by atoms with Crippen molar-refractivity contribution in [3.63, 3.8) is 0 Å². The maximum absolute atomic E-state index is 8.88. The fourth-order valence-corrected chi connectivity index (χ4v) is 0. The van der Waals surface area contributed by atoms with Gasteiger partial charge in [0.2, 0.25) is 0 Å². The molecule has 13 heteroatoms. The third kappa shape index (κ3) is 206. The molecule has 0 radical (unpaired) electrons. The quantitative estimate of drug-likeness (QED) is 0.172. The second kappa shape index (κ2) is 13.9. The standard InChI is InChI=1S/Ca.K.Mg.H3O4P.H4O4Si.5H/c;;;2*1-5(2,3)4;;;;;/h;;;(H3,1,2,3,4);1-4H;;;;;/q+2;+1;+2;;;5*-1. The average Bonchev–Trinajstić information content (AvgIpc) is 1.12. The van der Waals surface area contributed by atoms with Gasteiger partial charge < -0.3 is 41.0 Å². The van der Waals surface area contributed by atoms with Crippen LogP contribution in [0.4, 0.5) is 0 Å². The van der Waals surface area contributed by atoms with E-state index in [1.54, 1.807) is 0 Å². The summed E-state index contributed by atoms with van der Waals surface area (Å²) in [5, 5.41) is 0. The third-order valence-electron chi connectivity index (χ3n) is 0. The van der Waals surface area contributed by atoms with Gasteiger partial charge in [0, 0.05) is 0 Å². The summed E-state index contributed by atoms with van der Waals surface area (Å²) in [6, 6.07) is 0. The Hall–Kier alpha value is 3.83. The molecule has 13 heavy (non-hydrogen) atoms. The van der Waals surface area contributed by atoms with Crippen LogP contribution in [0.25, 0.3) is 0 Å². The minimum atomic E-state index is -4.64. The zero-order chi connectivity index (χ0) is 9.00. The molecule has 0 saturated carbocycles. The summed E-state index contributed by atoms with van der Waals surface area (Å²) in [6.07, 6.45) is 0. The van der Waals surface area contributed by atoms with Crippen LogP contribution in [0.3, 0.4) is 0 Å². The maximum atomic E-state index is 8.88. The zero-order valence-corrected chi connectivity index (χ0v) is 15.5. The molecule has 74 valence electrons. The molecular formula is H12CaKMgO8PSi. The molecule has 0 unspecified atom stereocenters. The van der Waals surface area contributed by atoms with Crippen LogP contribution in [-0.2, 0) is 4.57 Å². The summed E-state index contributed by atoms with van der Waals surface area (Å²) in [5.41, 5.74) is 0. The van der Waals surface area contributed by atoms with E-state index in [4.69, 9.17) is 38.4 Å². The van der Waals surface area contributed by atoms with Gasteiger partial charge in [0.15, 0.2) is 0 Å². The largest absolute Gasteiger partial charge is 2.00 e. The molecule has 0 aliphatic rings. The van der Waals surface area contributed by atoms with Crippen molar-refractivity contribution in [1.29, 1.82) is 0 Å². The van der Waals surface area contributed by atoms with Crippen molar-refractivity contribution in [3.8, 4) is 0 Å². The molecule has 0 aliphatic carbocycles. The van der Waals surface area contributed by atoms with Gasteiger partial charge in [-0.2, -0.15) is 0 Å². The molecule has 0 amide bonds. The summed E-state index contributed by atoms with van der Waals surface area (Å²) in [6.45, 7) is 0. The Bertz CT molecular complexity index is 132. The van der Waals surface area contributed by atoms with E-state index in [0.717, 1.165) is 0 Å². The van der Waals surface area contributed by atoms with E-state index < -0.39 is 16.9 Å². The molecule has 0 heterocycles. The maximum Gasteiger partial charge on any atom is 2.00 e. The van der Waals surface area contributed by atoms with Gasteiger partial charge >= 0.3 is 129 Å². The summed E-state index contributed by atoms with van der Waals surface area (Å²) >= 11 is 0. The number of phosphoric acid groups is 1. The van der Waals surface area contributed by atoms with E-state index in [0.29, 0.717) is 0 Å². The first-order valence-electron chi connectivity index (χ1n) is 1.68. The van der Waals surface area contributed by atoms with Gasteiger partial charge in [0.05, 0.1) is 0 Å². The van der Waals surface area contributed by atoms with Crippen molar-refractivity contribution >= 4 is 77.7 Å². The SMILES string of the molecule is O=P(O)(O)O.O[Si](O)(O)O.[Ca+2].[H-].[H-].[H-].[H-].[H-].[K+].[Mg+2]. The molecule has 0 rings (SSSR count). The molecule has 0 atom stereocenters. The van der Waals surface area contributed by atoms with Crippen LogP contribution in [0.1, 0.15) is 7.13 Å². The first kappa shape index (κ1) is 30.1. The Morgan fingerprint density at radius 2 is 1.00 bits per heavy atom. The molecule has 0 aromatic carbocycles. The normalized spacial score (nSPS) is 9.15. The minimum Gasteiger partial charge on any atom is -1.00 e. The Balaban J connectivity index is -0.00000000615. The molecule has 0 fully saturated rings. The van der Waals surface area contributed by atoms with Crippen LogP contribution in [0.5, 0.6) is 0 Å². The van der Waals surface area contributed by atoms with Crippen molar-refractivity contribution in [3.05, 3.63) is 0 Å². The van der Waals surface area contributed by atoms with Crippen molar-refractivity contribution in [2.45, 2.75) is 0 Å². The fraction of sp³-hybridized carbons (Fsp3) is 0. The molecule has 0 bridgehead atoms. The van der Waals surface area contributed by atoms with E-state index in [1.807, 2.05) is 0 Å². The average molecular weight is 303 g/mol. The smallest absolute Gasteiger partial charge is 1.00 e. The summed E-state index contributed by atoms with van der Waals surface area (Å²) in [4.78, 5) is 50.9. The molecule has 7 N–H and O–H groups in total. The summed E-state index contributed by atoms with van der Waals surface area (Å²) in [5.74, 6) is 0. The van der Waals surface area contributed by atoms with E-state index in [2.05, 4.69) is 0 Å². The van der Waals surface area contributed by atoms with E-state index >= 15 is 0 Å². The number of hydrogen-bond donors (Lipinski definition) is 7. The molecule has 0 aliphatic heterocycles. The van der Waals surface area contributed by atoms with Crippen molar-refractivity contribution in [2.75, 3.05) is 0 Å². The van der Waals surface area contributed by atoms with Gasteiger partial charge in [-0.25, -0.2) is 4.57 Å². The molecule has 0 saturated heterocycles. The second-order valence-electron chi connectivity index (χ2n) is 1.11. The second-order valence-corrected chi connectivity index (χ2v) is 3.34. The Kier molecular flexibility index (Phi) is 32.2. The van der Waals surface area contributed by atoms with E-state index in [1.165, 1.54) is 0 Å². The first-order valence-corrected chi connectivity index (χ1v) is 5.03. The minimum absolute atomic E-state index is 0. The zero-order valence-electron chi connectivity index (χ0n) is 11.9. The van der Waals surface area contributed by atoms with Gasteiger partial charge in [-0.05, 0) is 0 Å². The van der Waals surface area contributed by atoms with Gasteiger partial charge in [-0.3, -0.25) is 0 Å². The molecule has 0 aromatic rings. The molecule has 8 nitrogen and oxygen atoms in total. The van der Waals surface area contributed by atoms with Gasteiger partial charge in [0.25, 0.3) is 0 Å². The fourth-order valence-electron chi connectivity index (χ4n) is 0. The van der Waals surface area contributed by atoms with Gasteiger partial charge in [-0.1, -0.05) is 0 Å². The number of hydrogen-bond acceptors (Lipinski definition) is 5. The molecule has 0 spiro atoms. The van der Waals surface area contributed by atoms with Crippen molar-refractivity contribution in [1.82, 2.24) is 0 Å². The van der Waals surface area contributed by atoms with Crippen LogP contribution in [0.2, 0.25) is 0 Å². The Morgan fingerprint density at radius 3 is 1.00 bits per heavy atom. The Labute approximate surface area is 171 Å². The van der Waals surface area contributed by atoms with Gasteiger partial charge in [0.1, 0.15) is 0 Å². The van der Waals surface area contributed by atoms with Crippen molar-refractivity contribution in [2.24, 2.45) is 0 Å². The van der Waals surface area contributed by atoms with E-state index in [9.17, 15) is 0 Å². The van der Waals surface area contributed by atoms with Crippen LogP contribution in [0.15, 0.2) is 0 Å². The molecule has 0 aromatic heterocycles. The van der Waals surface area contributed by atoms with Gasteiger partial charge in [-0.15, -0.1) is 0 Å². The predicted octanol–water partition coefficient (Wildman–Crippen LogP) is -6.73. The summed E-state index contributed by atoms with van der Waals surface area (Å²) < 4.78 is 8.88. The predicted molar refractivity (Wildman–Crippen MR) is 46.0 cm³/mol. The molecular weight excluding hydrogens is 291 g/mol. The van der Waals surface area contributed by atoms with Crippen LogP contribution < -0.4 is 51.4 Å². The number of rotatable bonds is 0. The topological polar surface area (TPSA) is 159 Å². The first-order chi connectivity index (χ1) is 4.00. The monoisotopic (exact) mass is 302 g/mol. The Morgan fingerprint density at radius 1 is 1.00 bits per heavy atom. The van der Waals surface area contributed by atoms with E-state index in [-0.39, 0.29) is 119 Å².